The quantitative estimate of drug-likeness (QED) is 0.292. The second-order valence-corrected chi connectivity index (χ2v) is 9.99. The van der Waals surface area contributed by atoms with Gasteiger partial charge in [-0.3, -0.25) is 0 Å². The fourth-order valence-electron chi connectivity index (χ4n) is 4.11. The summed E-state index contributed by atoms with van der Waals surface area (Å²) in [6, 6.07) is 21.8. The number of anilines is 2. The van der Waals surface area contributed by atoms with Gasteiger partial charge in [-0.15, -0.1) is 11.8 Å². The van der Waals surface area contributed by atoms with Crippen molar-refractivity contribution in [2.75, 3.05) is 24.7 Å². The van der Waals surface area contributed by atoms with Crippen LogP contribution in [0.2, 0.25) is 0 Å². The van der Waals surface area contributed by atoms with E-state index >= 15 is 0 Å². The fraction of sp³-hybridized carbons (Fsp3) is 0.308. The van der Waals surface area contributed by atoms with Crippen molar-refractivity contribution in [3.05, 3.63) is 66.5 Å². The summed E-state index contributed by atoms with van der Waals surface area (Å²) >= 11 is 3.57. The van der Waals surface area contributed by atoms with Crippen molar-refractivity contribution in [3.63, 3.8) is 0 Å². The Bertz CT molecular complexity index is 1110. The standard InChI is InChI=1S/C26H28N4S2/c1-4-5-9-22-18-30(21-10-7-6-8-11-21)24-16-25(31-3)23(15-26(24)32-29(22)2)19-12-13-28-20(14-19)17-27/h6-8,10-16,22H,4-5,9,18H2,1-3H3. The first-order valence-electron chi connectivity index (χ1n) is 11.0. The van der Waals surface area contributed by atoms with Crippen molar-refractivity contribution in [1.29, 1.82) is 5.26 Å². The van der Waals surface area contributed by atoms with E-state index in [-0.39, 0.29) is 0 Å². The second kappa shape index (κ2) is 10.4. The van der Waals surface area contributed by atoms with Crippen LogP contribution in [0.5, 0.6) is 0 Å². The summed E-state index contributed by atoms with van der Waals surface area (Å²) in [6.07, 6.45) is 7.45. The molecule has 2 aromatic carbocycles. The number of pyridine rings is 1. The maximum atomic E-state index is 9.33. The number of rotatable bonds is 6. The van der Waals surface area contributed by atoms with E-state index in [4.69, 9.17) is 0 Å². The Balaban J connectivity index is 1.85. The first kappa shape index (κ1) is 22.7. The number of thioether (sulfide) groups is 1. The maximum absolute atomic E-state index is 9.33. The molecule has 0 aliphatic carbocycles. The predicted octanol–water partition coefficient (Wildman–Crippen LogP) is 6.99. The number of hydrogen-bond acceptors (Lipinski definition) is 6. The van der Waals surface area contributed by atoms with Gasteiger partial charge in [-0.2, -0.15) is 5.26 Å². The Morgan fingerprint density at radius 1 is 1.19 bits per heavy atom. The van der Waals surface area contributed by atoms with Crippen molar-refractivity contribution in [3.8, 4) is 17.2 Å². The maximum Gasteiger partial charge on any atom is 0.141 e. The smallest absolute Gasteiger partial charge is 0.141 e. The van der Waals surface area contributed by atoms with E-state index in [9.17, 15) is 5.26 Å². The largest absolute Gasteiger partial charge is 0.339 e. The van der Waals surface area contributed by atoms with Gasteiger partial charge >= 0.3 is 0 Å². The van der Waals surface area contributed by atoms with E-state index in [1.54, 1.807) is 18.0 Å². The van der Waals surface area contributed by atoms with Crippen LogP contribution in [0.3, 0.4) is 0 Å². The molecule has 0 bridgehead atoms. The lowest BCUT2D eigenvalue weighted by atomic mass is 10.0. The molecule has 1 atom stereocenters. The molecular formula is C26H28N4S2. The third kappa shape index (κ3) is 4.80. The number of fused-ring (bicyclic) bond motifs is 1. The van der Waals surface area contributed by atoms with Crippen LogP contribution in [0.15, 0.2) is 70.6 Å². The summed E-state index contributed by atoms with van der Waals surface area (Å²) in [5, 5.41) is 9.33. The highest BCUT2D eigenvalue weighted by atomic mass is 32.2. The SMILES string of the molecule is CCCCC1CN(c2ccccc2)c2cc(SC)c(-c3ccnc(C#N)c3)cc2SN1C. The molecule has 2 heterocycles. The number of nitrogens with zero attached hydrogens (tertiary/aromatic N) is 4. The summed E-state index contributed by atoms with van der Waals surface area (Å²) in [5.41, 5.74) is 5.09. The zero-order valence-corrected chi connectivity index (χ0v) is 20.4. The zero-order chi connectivity index (χ0) is 22.5. The molecule has 1 unspecified atom stereocenters. The van der Waals surface area contributed by atoms with Gasteiger partial charge in [0.25, 0.3) is 0 Å². The van der Waals surface area contributed by atoms with Gasteiger partial charge in [-0.25, -0.2) is 9.29 Å². The molecule has 32 heavy (non-hydrogen) atoms. The zero-order valence-electron chi connectivity index (χ0n) is 18.8. The number of likely N-dealkylation sites (N-methyl/N-ethyl adjacent to an activating group) is 1. The number of para-hydroxylation sites is 1. The topological polar surface area (TPSA) is 43.2 Å². The van der Waals surface area contributed by atoms with Crippen LogP contribution in [0.4, 0.5) is 11.4 Å². The number of aromatic nitrogens is 1. The van der Waals surface area contributed by atoms with Crippen LogP contribution in [-0.4, -0.2) is 35.2 Å². The number of unbranched alkanes of at least 4 members (excludes halogenated alkanes) is 1. The van der Waals surface area contributed by atoms with Gasteiger partial charge in [-0.1, -0.05) is 38.0 Å². The number of benzene rings is 2. The van der Waals surface area contributed by atoms with E-state index in [1.807, 2.05) is 24.1 Å². The van der Waals surface area contributed by atoms with Gasteiger partial charge in [0.1, 0.15) is 11.8 Å². The minimum atomic E-state index is 0.444. The molecule has 1 aromatic heterocycles. The number of hydrogen-bond donors (Lipinski definition) is 0. The number of nitriles is 1. The molecule has 0 saturated carbocycles. The lowest BCUT2D eigenvalue weighted by Crippen LogP contribution is -2.35. The van der Waals surface area contributed by atoms with Gasteiger partial charge < -0.3 is 4.90 Å². The van der Waals surface area contributed by atoms with Crippen LogP contribution in [-0.2, 0) is 0 Å². The molecule has 0 amide bonds. The molecule has 4 rings (SSSR count). The molecule has 4 nitrogen and oxygen atoms in total. The molecule has 0 spiro atoms. The fourth-order valence-corrected chi connectivity index (χ4v) is 5.80. The van der Waals surface area contributed by atoms with Crippen LogP contribution < -0.4 is 4.90 Å². The monoisotopic (exact) mass is 460 g/mol. The first-order valence-corrected chi connectivity index (χ1v) is 13.0. The molecule has 6 heteroatoms. The summed E-state index contributed by atoms with van der Waals surface area (Å²) in [5.74, 6) is 0. The van der Waals surface area contributed by atoms with Crippen molar-refractivity contribution < 1.29 is 0 Å². The van der Waals surface area contributed by atoms with E-state index in [0.29, 0.717) is 11.7 Å². The van der Waals surface area contributed by atoms with Gasteiger partial charge in [-0.05, 0) is 79.2 Å². The summed E-state index contributed by atoms with van der Waals surface area (Å²) in [4.78, 5) is 9.07. The molecular weight excluding hydrogens is 432 g/mol. The second-order valence-electron chi connectivity index (χ2n) is 7.94. The van der Waals surface area contributed by atoms with Crippen molar-refractivity contribution in [1.82, 2.24) is 9.29 Å². The third-order valence-electron chi connectivity index (χ3n) is 5.87. The van der Waals surface area contributed by atoms with Crippen molar-refractivity contribution >= 4 is 35.1 Å². The molecule has 164 valence electrons. The van der Waals surface area contributed by atoms with Crippen molar-refractivity contribution in [2.24, 2.45) is 0 Å². The Hall–Kier alpha value is -2.46. The first-order chi connectivity index (χ1) is 15.6. The van der Waals surface area contributed by atoms with Crippen LogP contribution in [0.1, 0.15) is 31.9 Å². The lowest BCUT2D eigenvalue weighted by molar-refractivity contribution is 0.382. The predicted molar refractivity (Wildman–Crippen MR) is 137 cm³/mol. The van der Waals surface area contributed by atoms with E-state index in [2.05, 4.69) is 83.0 Å². The van der Waals surface area contributed by atoms with Gasteiger partial charge in [0, 0.05) is 34.3 Å². The molecule has 3 aromatic rings. The van der Waals surface area contributed by atoms with E-state index in [1.165, 1.54) is 40.4 Å². The molecule has 0 fully saturated rings. The summed E-state index contributed by atoms with van der Waals surface area (Å²) in [6.45, 7) is 3.22. The van der Waals surface area contributed by atoms with Crippen molar-refractivity contribution in [2.45, 2.75) is 42.0 Å². The van der Waals surface area contributed by atoms with Gasteiger partial charge in [0.05, 0.1) is 5.69 Å². The van der Waals surface area contributed by atoms with E-state index in [0.717, 1.165) is 17.7 Å². The highest BCUT2D eigenvalue weighted by molar-refractivity contribution is 7.98. The highest BCUT2D eigenvalue weighted by Gasteiger charge is 2.28. The third-order valence-corrected chi connectivity index (χ3v) is 7.75. The van der Waals surface area contributed by atoms with Gasteiger partial charge in [0.2, 0.25) is 0 Å². The Morgan fingerprint density at radius 2 is 2.00 bits per heavy atom. The highest BCUT2D eigenvalue weighted by Crippen LogP contribution is 2.45. The normalized spacial score (nSPS) is 16.3. The summed E-state index contributed by atoms with van der Waals surface area (Å²) < 4.78 is 2.42. The Morgan fingerprint density at radius 3 is 2.72 bits per heavy atom. The lowest BCUT2D eigenvalue weighted by Gasteiger charge is -2.30. The minimum absolute atomic E-state index is 0.444. The van der Waals surface area contributed by atoms with Gasteiger partial charge in [0.15, 0.2) is 0 Å². The van der Waals surface area contributed by atoms with E-state index < -0.39 is 0 Å². The Labute approximate surface area is 199 Å². The average Bonchev–Trinajstić information content (AvgIpc) is 2.97. The van der Waals surface area contributed by atoms with Crippen LogP contribution in [0.25, 0.3) is 11.1 Å². The molecule has 0 saturated heterocycles. The molecule has 0 N–H and O–H groups in total. The molecule has 0 radical (unpaired) electrons. The minimum Gasteiger partial charge on any atom is -0.339 e. The Kier molecular flexibility index (Phi) is 7.41. The molecule has 1 aliphatic heterocycles. The average molecular weight is 461 g/mol. The molecule has 1 aliphatic rings. The summed E-state index contributed by atoms with van der Waals surface area (Å²) in [7, 11) is 2.21. The van der Waals surface area contributed by atoms with Crippen LogP contribution in [0, 0.1) is 11.3 Å². The van der Waals surface area contributed by atoms with Crippen LogP contribution >= 0.6 is 23.7 Å².